The van der Waals surface area contributed by atoms with Crippen LogP contribution in [0.3, 0.4) is 0 Å². The minimum atomic E-state index is 0.120. The summed E-state index contributed by atoms with van der Waals surface area (Å²) in [6.07, 6.45) is 2.20. The number of aromatic nitrogens is 3. The number of fused-ring (bicyclic) bond motifs is 1. The highest BCUT2D eigenvalue weighted by Gasteiger charge is 2.14. The lowest BCUT2D eigenvalue weighted by atomic mass is 10.2. The van der Waals surface area contributed by atoms with E-state index in [1.54, 1.807) is 0 Å². The summed E-state index contributed by atoms with van der Waals surface area (Å²) in [5.41, 5.74) is 3.10. The summed E-state index contributed by atoms with van der Waals surface area (Å²) in [7, 11) is 0. The van der Waals surface area contributed by atoms with E-state index in [1.807, 2.05) is 41.1 Å². The fraction of sp³-hybridized carbons (Fsp3) is 0.250. The van der Waals surface area contributed by atoms with Crippen LogP contribution in [-0.2, 0) is 0 Å². The average molecular weight is 266 g/mol. The van der Waals surface area contributed by atoms with Crippen molar-refractivity contribution in [3.8, 4) is 0 Å². The minimum absolute atomic E-state index is 0.120. The molecule has 20 heavy (non-hydrogen) atoms. The molecule has 3 aromatic rings. The average Bonchev–Trinajstić information content (AvgIpc) is 2.92. The van der Waals surface area contributed by atoms with Gasteiger partial charge in [-0.1, -0.05) is 48.9 Å². The number of rotatable bonds is 5. The normalized spacial score (nSPS) is 12.4. The quantitative estimate of drug-likeness (QED) is 0.763. The van der Waals surface area contributed by atoms with Crippen molar-refractivity contribution in [2.24, 2.45) is 0 Å². The van der Waals surface area contributed by atoms with Crippen LogP contribution >= 0.6 is 0 Å². The van der Waals surface area contributed by atoms with Crippen LogP contribution in [0.25, 0.3) is 11.0 Å². The topological polar surface area (TPSA) is 42.7 Å². The molecule has 0 saturated heterocycles. The minimum Gasteiger partial charge on any atom is -0.364 e. The summed E-state index contributed by atoms with van der Waals surface area (Å²) < 4.78 is 1.98. The Kier molecular flexibility index (Phi) is 3.63. The van der Waals surface area contributed by atoms with Crippen molar-refractivity contribution < 1.29 is 0 Å². The number of nitrogens with zero attached hydrogens (tertiary/aromatic N) is 3. The molecule has 0 radical (unpaired) electrons. The largest absolute Gasteiger partial charge is 0.364 e. The lowest BCUT2D eigenvalue weighted by molar-refractivity contribution is 0.467. The van der Waals surface area contributed by atoms with E-state index in [9.17, 15) is 0 Å². The molecule has 0 aliphatic heterocycles. The number of anilines is 1. The molecule has 0 fully saturated rings. The first-order valence-corrected chi connectivity index (χ1v) is 7.00. The molecule has 3 rings (SSSR count). The fourth-order valence-corrected chi connectivity index (χ4v) is 2.37. The molecular weight excluding hydrogens is 248 g/mol. The third kappa shape index (κ3) is 2.50. The Morgan fingerprint density at radius 3 is 2.60 bits per heavy atom. The Bertz CT molecular complexity index is 675. The van der Waals surface area contributed by atoms with Gasteiger partial charge >= 0.3 is 0 Å². The number of nitrogens with one attached hydrogen (secondary N) is 1. The van der Waals surface area contributed by atoms with Crippen molar-refractivity contribution >= 4 is 16.7 Å². The molecule has 0 aliphatic carbocycles. The van der Waals surface area contributed by atoms with Crippen molar-refractivity contribution in [3.63, 3.8) is 0 Å². The molecule has 1 heterocycles. The molecule has 102 valence electrons. The number of para-hydroxylation sites is 2. The van der Waals surface area contributed by atoms with Gasteiger partial charge in [-0.15, -0.1) is 5.10 Å². The van der Waals surface area contributed by atoms with Gasteiger partial charge in [0.05, 0.1) is 5.52 Å². The van der Waals surface area contributed by atoms with Gasteiger partial charge in [0.1, 0.15) is 11.7 Å². The highest BCUT2D eigenvalue weighted by atomic mass is 15.5. The molecule has 1 aromatic heterocycles. The van der Waals surface area contributed by atoms with Crippen LogP contribution in [0.5, 0.6) is 0 Å². The van der Waals surface area contributed by atoms with Gasteiger partial charge in [0.25, 0.3) is 0 Å². The molecule has 0 aliphatic rings. The molecule has 0 amide bonds. The van der Waals surface area contributed by atoms with E-state index in [1.165, 1.54) is 0 Å². The Morgan fingerprint density at radius 2 is 1.80 bits per heavy atom. The van der Waals surface area contributed by atoms with Crippen LogP contribution in [0, 0.1) is 0 Å². The van der Waals surface area contributed by atoms with Crippen molar-refractivity contribution in [1.29, 1.82) is 0 Å². The van der Waals surface area contributed by atoms with Gasteiger partial charge in [-0.05, 0) is 30.7 Å². The predicted octanol–water partition coefficient (Wildman–Crippen LogP) is 3.84. The SMILES string of the molecule is CCCC(Nc1ccccc1)n1nnc2ccccc21. The van der Waals surface area contributed by atoms with E-state index in [-0.39, 0.29) is 6.17 Å². The summed E-state index contributed by atoms with van der Waals surface area (Å²) in [6.45, 7) is 2.18. The van der Waals surface area contributed by atoms with Crippen molar-refractivity contribution in [3.05, 3.63) is 54.6 Å². The monoisotopic (exact) mass is 266 g/mol. The number of benzene rings is 2. The first kappa shape index (κ1) is 12.7. The zero-order valence-corrected chi connectivity index (χ0v) is 11.5. The molecule has 0 spiro atoms. The third-order valence-electron chi connectivity index (χ3n) is 3.34. The molecule has 4 heteroatoms. The van der Waals surface area contributed by atoms with E-state index < -0.39 is 0 Å². The fourth-order valence-electron chi connectivity index (χ4n) is 2.37. The second-order valence-electron chi connectivity index (χ2n) is 4.84. The van der Waals surface area contributed by atoms with Crippen LogP contribution in [0.2, 0.25) is 0 Å². The van der Waals surface area contributed by atoms with Crippen LogP contribution in [0.1, 0.15) is 25.9 Å². The van der Waals surface area contributed by atoms with Gasteiger partial charge in [0.15, 0.2) is 0 Å². The van der Waals surface area contributed by atoms with Gasteiger partial charge in [0, 0.05) is 5.69 Å². The molecule has 0 saturated carbocycles. The predicted molar refractivity (Wildman–Crippen MR) is 81.5 cm³/mol. The maximum Gasteiger partial charge on any atom is 0.123 e. The Balaban J connectivity index is 1.94. The van der Waals surface area contributed by atoms with Crippen LogP contribution in [0.4, 0.5) is 5.69 Å². The zero-order chi connectivity index (χ0) is 13.8. The standard InChI is InChI=1S/C16H18N4/c1-2-8-16(17-13-9-4-3-5-10-13)20-15-12-7-6-11-14(15)18-19-20/h3-7,9-12,16-17H,2,8H2,1H3. The lowest BCUT2D eigenvalue weighted by Crippen LogP contribution is -2.19. The first-order chi connectivity index (χ1) is 9.88. The Hall–Kier alpha value is -2.36. The molecule has 4 nitrogen and oxygen atoms in total. The van der Waals surface area contributed by atoms with Gasteiger partial charge in [0.2, 0.25) is 0 Å². The maximum atomic E-state index is 4.31. The molecule has 2 aromatic carbocycles. The number of hydrogen-bond acceptors (Lipinski definition) is 3. The van der Waals surface area contributed by atoms with E-state index >= 15 is 0 Å². The van der Waals surface area contributed by atoms with Crippen molar-refractivity contribution in [2.45, 2.75) is 25.9 Å². The van der Waals surface area contributed by atoms with E-state index in [0.717, 1.165) is 29.6 Å². The molecule has 1 unspecified atom stereocenters. The smallest absolute Gasteiger partial charge is 0.123 e. The summed E-state index contributed by atoms with van der Waals surface area (Å²) in [5, 5.41) is 12.1. The molecule has 0 bridgehead atoms. The van der Waals surface area contributed by atoms with Crippen molar-refractivity contribution in [2.75, 3.05) is 5.32 Å². The third-order valence-corrected chi connectivity index (χ3v) is 3.34. The van der Waals surface area contributed by atoms with Gasteiger partial charge in [-0.2, -0.15) is 0 Å². The second kappa shape index (κ2) is 5.74. The molecular formula is C16H18N4. The maximum absolute atomic E-state index is 4.31. The Morgan fingerprint density at radius 1 is 1.05 bits per heavy atom. The highest BCUT2D eigenvalue weighted by Crippen LogP contribution is 2.21. The highest BCUT2D eigenvalue weighted by molar-refractivity contribution is 5.74. The summed E-state index contributed by atoms with van der Waals surface area (Å²) in [4.78, 5) is 0. The lowest BCUT2D eigenvalue weighted by Gasteiger charge is -2.20. The number of hydrogen-bond donors (Lipinski definition) is 1. The summed E-state index contributed by atoms with van der Waals surface area (Å²) in [6, 6.07) is 18.3. The van der Waals surface area contributed by atoms with E-state index in [2.05, 4.69) is 40.8 Å². The van der Waals surface area contributed by atoms with Crippen LogP contribution in [0.15, 0.2) is 54.6 Å². The zero-order valence-electron chi connectivity index (χ0n) is 11.5. The van der Waals surface area contributed by atoms with E-state index in [0.29, 0.717) is 0 Å². The Labute approximate surface area is 118 Å². The summed E-state index contributed by atoms with van der Waals surface area (Å²) >= 11 is 0. The molecule has 1 atom stereocenters. The van der Waals surface area contributed by atoms with Gasteiger partial charge in [-0.3, -0.25) is 0 Å². The second-order valence-corrected chi connectivity index (χ2v) is 4.84. The van der Waals surface area contributed by atoms with Crippen molar-refractivity contribution in [1.82, 2.24) is 15.0 Å². The van der Waals surface area contributed by atoms with Gasteiger partial charge < -0.3 is 5.32 Å². The van der Waals surface area contributed by atoms with Crippen LogP contribution in [-0.4, -0.2) is 15.0 Å². The van der Waals surface area contributed by atoms with Crippen LogP contribution < -0.4 is 5.32 Å². The van der Waals surface area contributed by atoms with Gasteiger partial charge in [-0.25, -0.2) is 4.68 Å². The summed E-state index contributed by atoms with van der Waals surface area (Å²) in [5.74, 6) is 0. The van der Waals surface area contributed by atoms with E-state index in [4.69, 9.17) is 0 Å². The first-order valence-electron chi connectivity index (χ1n) is 7.00. The molecule has 1 N–H and O–H groups in total.